The fourth-order valence-electron chi connectivity index (χ4n) is 3.28. The minimum Gasteiger partial charge on any atom is -0.322 e. The van der Waals surface area contributed by atoms with Gasteiger partial charge in [0, 0.05) is 23.7 Å². The summed E-state index contributed by atoms with van der Waals surface area (Å²) in [5.74, 6) is 1.33. The lowest BCUT2D eigenvalue weighted by Gasteiger charge is -2.29. The number of thioether (sulfide) groups is 1. The summed E-state index contributed by atoms with van der Waals surface area (Å²) in [6, 6.07) is 14.0. The average molecular weight is 433 g/mol. The summed E-state index contributed by atoms with van der Waals surface area (Å²) in [6.07, 6.45) is 2.82. The van der Waals surface area contributed by atoms with Crippen LogP contribution in [-0.4, -0.2) is 37.5 Å². The van der Waals surface area contributed by atoms with Crippen LogP contribution < -0.4 is 5.32 Å². The van der Waals surface area contributed by atoms with E-state index in [4.69, 9.17) is 0 Å². The molecule has 0 bridgehead atoms. The molecule has 156 valence electrons. The lowest BCUT2D eigenvalue weighted by molar-refractivity contribution is 0.102. The Labute approximate surface area is 177 Å². The zero-order valence-electron chi connectivity index (χ0n) is 16.9. The molecule has 1 aliphatic rings. The number of carbonyl (C=O) groups excluding carboxylic acids is 1. The number of amides is 1. The first-order valence-corrected chi connectivity index (χ1v) is 12.5. The fourth-order valence-corrected chi connectivity index (χ4v) is 5.66. The molecule has 0 radical (unpaired) electrons. The van der Waals surface area contributed by atoms with Gasteiger partial charge >= 0.3 is 0 Å². The lowest BCUT2D eigenvalue weighted by Crippen LogP contribution is -2.37. The maximum absolute atomic E-state index is 12.8. The number of anilines is 1. The van der Waals surface area contributed by atoms with Crippen molar-refractivity contribution in [2.24, 2.45) is 5.92 Å². The zero-order chi connectivity index (χ0) is 20.9. The van der Waals surface area contributed by atoms with Crippen LogP contribution >= 0.6 is 11.8 Å². The summed E-state index contributed by atoms with van der Waals surface area (Å²) in [5, 5.41) is 2.88. The molecule has 7 heteroatoms. The monoisotopic (exact) mass is 432 g/mol. The number of carbonyl (C=O) groups is 1. The van der Waals surface area contributed by atoms with Crippen LogP contribution in [0.2, 0.25) is 0 Å². The van der Waals surface area contributed by atoms with Crippen molar-refractivity contribution in [2.45, 2.75) is 42.9 Å². The third-order valence-electron chi connectivity index (χ3n) is 5.09. The molecule has 1 aliphatic heterocycles. The molecule has 0 atom stereocenters. The van der Waals surface area contributed by atoms with Gasteiger partial charge in [0.1, 0.15) is 0 Å². The molecule has 2 aromatic rings. The highest BCUT2D eigenvalue weighted by Gasteiger charge is 2.27. The van der Waals surface area contributed by atoms with Gasteiger partial charge in [-0.15, -0.1) is 11.8 Å². The largest absolute Gasteiger partial charge is 0.322 e. The Morgan fingerprint density at radius 3 is 2.41 bits per heavy atom. The molecule has 2 aromatic carbocycles. The molecule has 1 saturated heterocycles. The van der Waals surface area contributed by atoms with Gasteiger partial charge in [-0.05, 0) is 67.3 Å². The Kier molecular flexibility index (Phi) is 7.38. The highest BCUT2D eigenvalue weighted by Crippen LogP contribution is 2.26. The van der Waals surface area contributed by atoms with Crippen molar-refractivity contribution in [3.8, 4) is 0 Å². The molecule has 1 heterocycles. The molecular formula is C22H28N2O3S2. The number of benzene rings is 2. The van der Waals surface area contributed by atoms with Gasteiger partial charge in [0.15, 0.2) is 0 Å². The number of hydrogen-bond acceptors (Lipinski definition) is 4. The maximum atomic E-state index is 12.8. The quantitative estimate of drug-likeness (QED) is 0.635. The summed E-state index contributed by atoms with van der Waals surface area (Å²) >= 11 is 1.66. The van der Waals surface area contributed by atoms with Crippen LogP contribution in [0.5, 0.6) is 0 Å². The van der Waals surface area contributed by atoms with E-state index in [0.717, 1.165) is 29.9 Å². The summed E-state index contributed by atoms with van der Waals surface area (Å²) in [6.45, 7) is 5.39. The minimum atomic E-state index is -3.48. The fraction of sp³-hybridized carbons (Fsp3) is 0.409. The van der Waals surface area contributed by atoms with Crippen molar-refractivity contribution in [1.82, 2.24) is 4.31 Å². The van der Waals surface area contributed by atoms with E-state index in [1.807, 2.05) is 24.3 Å². The maximum Gasteiger partial charge on any atom is 0.256 e. The van der Waals surface area contributed by atoms with E-state index < -0.39 is 10.0 Å². The Bertz CT molecular complexity index is 935. The van der Waals surface area contributed by atoms with Gasteiger partial charge < -0.3 is 5.32 Å². The van der Waals surface area contributed by atoms with Crippen LogP contribution in [0.1, 0.15) is 43.5 Å². The summed E-state index contributed by atoms with van der Waals surface area (Å²) in [7, 11) is -3.48. The van der Waals surface area contributed by atoms with Crippen LogP contribution in [0.15, 0.2) is 58.3 Å². The molecule has 29 heavy (non-hydrogen) atoms. The van der Waals surface area contributed by atoms with Gasteiger partial charge in [-0.1, -0.05) is 26.0 Å². The number of nitrogens with one attached hydrogen (secondary N) is 1. The van der Waals surface area contributed by atoms with Crippen LogP contribution in [0, 0.1) is 5.92 Å². The molecule has 1 fully saturated rings. The van der Waals surface area contributed by atoms with Gasteiger partial charge in [0.2, 0.25) is 10.0 Å². The van der Waals surface area contributed by atoms with E-state index in [9.17, 15) is 13.2 Å². The predicted octanol–water partition coefficient (Wildman–Crippen LogP) is 4.86. The van der Waals surface area contributed by atoms with E-state index in [1.165, 1.54) is 0 Å². The van der Waals surface area contributed by atoms with Gasteiger partial charge in [-0.2, -0.15) is 4.31 Å². The first-order chi connectivity index (χ1) is 13.9. The first-order valence-electron chi connectivity index (χ1n) is 10.0. The Morgan fingerprint density at radius 1 is 1.10 bits per heavy atom. The van der Waals surface area contributed by atoms with Crippen molar-refractivity contribution < 1.29 is 13.2 Å². The van der Waals surface area contributed by atoms with Crippen molar-refractivity contribution in [1.29, 1.82) is 0 Å². The van der Waals surface area contributed by atoms with E-state index in [0.29, 0.717) is 30.3 Å². The molecule has 3 rings (SSSR count). The van der Waals surface area contributed by atoms with E-state index in [-0.39, 0.29) is 10.8 Å². The summed E-state index contributed by atoms with van der Waals surface area (Å²) in [4.78, 5) is 13.9. The molecule has 5 nitrogen and oxygen atoms in total. The van der Waals surface area contributed by atoms with Gasteiger partial charge in [0.25, 0.3) is 5.91 Å². The molecular weight excluding hydrogens is 404 g/mol. The second-order valence-electron chi connectivity index (χ2n) is 7.41. The molecule has 0 aromatic heterocycles. The van der Waals surface area contributed by atoms with Crippen LogP contribution in [0.25, 0.3) is 0 Å². The number of nitrogens with zero attached hydrogens (tertiary/aromatic N) is 1. The van der Waals surface area contributed by atoms with Crippen molar-refractivity contribution in [3.05, 3.63) is 54.1 Å². The molecule has 0 unspecified atom stereocenters. The van der Waals surface area contributed by atoms with Gasteiger partial charge in [0.05, 0.1) is 10.5 Å². The molecule has 0 spiro atoms. The number of rotatable bonds is 7. The smallest absolute Gasteiger partial charge is 0.256 e. The predicted molar refractivity (Wildman–Crippen MR) is 119 cm³/mol. The van der Waals surface area contributed by atoms with Crippen LogP contribution in [-0.2, 0) is 10.0 Å². The Morgan fingerprint density at radius 2 is 1.76 bits per heavy atom. The van der Waals surface area contributed by atoms with Crippen LogP contribution in [0.3, 0.4) is 0 Å². The number of hydrogen-bond donors (Lipinski definition) is 1. The third kappa shape index (κ3) is 5.41. The zero-order valence-corrected chi connectivity index (χ0v) is 18.6. The molecule has 1 N–H and O–H groups in total. The third-order valence-corrected chi connectivity index (χ3v) is 8.28. The molecule has 1 amide bonds. The minimum absolute atomic E-state index is 0.190. The van der Waals surface area contributed by atoms with Crippen molar-refractivity contribution in [3.63, 3.8) is 0 Å². The van der Waals surface area contributed by atoms with E-state index >= 15 is 0 Å². The SMILES string of the molecule is CCCSc1ccccc1C(=O)Nc1ccc(S(=O)(=O)N2CCC(C)CC2)cc1. The summed E-state index contributed by atoms with van der Waals surface area (Å²) < 4.78 is 27.2. The second kappa shape index (κ2) is 9.78. The number of piperidine rings is 1. The average Bonchev–Trinajstić information content (AvgIpc) is 2.73. The van der Waals surface area contributed by atoms with Crippen molar-refractivity contribution >= 4 is 33.4 Å². The normalized spacial score (nSPS) is 15.9. The standard InChI is InChI=1S/C22H28N2O3S2/c1-3-16-28-21-7-5-4-6-20(21)22(25)23-18-8-10-19(11-9-18)29(26,27)24-14-12-17(2)13-15-24/h4-11,17H,3,12-16H2,1-2H3,(H,23,25). The highest BCUT2D eigenvalue weighted by molar-refractivity contribution is 7.99. The van der Waals surface area contributed by atoms with E-state index in [2.05, 4.69) is 19.2 Å². The molecule has 0 saturated carbocycles. The first kappa shape index (κ1) is 21.9. The Balaban J connectivity index is 1.70. The lowest BCUT2D eigenvalue weighted by atomic mass is 10.0. The van der Waals surface area contributed by atoms with E-state index in [1.54, 1.807) is 40.3 Å². The Hall–Kier alpha value is -1.83. The molecule has 0 aliphatic carbocycles. The summed E-state index contributed by atoms with van der Waals surface area (Å²) in [5.41, 5.74) is 1.21. The van der Waals surface area contributed by atoms with Gasteiger partial charge in [-0.3, -0.25) is 4.79 Å². The second-order valence-corrected chi connectivity index (χ2v) is 10.5. The highest BCUT2D eigenvalue weighted by atomic mass is 32.2. The van der Waals surface area contributed by atoms with Crippen molar-refractivity contribution in [2.75, 3.05) is 24.2 Å². The number of sulfonamides is 1. The topological polar surface area (TPSA) is 66.5 Å². The van der Waals surface area contributed by atoms with Gasteiger partial charge in [-0.25, -0.2) is 8.42 Å². The van der Waals surface area contributed by atoms with Crippen LogP contribution in [0.4, 0.5) is 5.69 Å².